The molecule has 0 aliphatic rings. The maximum absolute atomic E-state index is 14.4. The van der Waals surface area contributed by atoms with Crippen molar-refractivity contribution in [1.29, 1.82) is 0 Å². The number of aryl methyl sites for hydroxylation is 1. The Kier molecular flexibility index (Phi) is 5.43. The lowest BCUT2D eigenvalue weighted by atomic mass is 10.0. The zero-order valence-corrected chi connectivity index (χ0v) is 16.2. The summed E-state index contributed by atoms with van der Waals surface area (Å²) < 4.78 is 44.6. The lowest BCUT2D eigenvalue weighted by molar-refractivity contribution is 0.545. The lowest BCUT2D eigenvalue weighted by Crippen LogP contribution is -2.31. The number of rotatable bonds is 6. The largest absolute Gasteiger partial charge is 0.336 e. The Hall–Kier alpha value is -2.51. The molecule has 1 N–H and O–H groups in total. The summed E-state index contributed by atoms with van der Waals surface area (Å²) >= 11 is 0. The summed E-state index contributed by atoms with van der Waals surface area (Å²) in [4.78, 5) is 4.35. The molecule has 0 saturated carbocycles. The van der Waals surface area contributed by atoms with Crippen molar-refractivity contribution in [3.63, 3.8) is 0 Å². The first kappa shape index (κ1) is 19.3. The highest BCUT2D eigenvalue weighted by molar-refractivity contribution is 7.89. The molecule has 5 nitrogen and oxygen atoms in total. The molecule has 0 aliphatic heterocycles. The van der Waals surface area contributed by atoms with Crippen molar-refractivity contribution < 1.29 is 12.8 Å². The van der Waals surface area contributed by atoms with E-state index in [0.29, 0.717) is 11.7 Å². The third-order valence-corrected chi connectivity index (χ3v) is 5.90. The van der Waals surface area contributed by atoms with Gasteiger partial charge < -0.3 is 4.57 Å². The molecule has 0 radical (unpaired) electrons. The Morgan fingerprint density at radius 1 is 1.07 bits per heavy atom. The number of nitrogens with one attached hydrogen (secondary N) is 1. The van der Waals surface area contributed by atoms with Gasteiger partial charge in [-0.1, -0.05) is 44.2 Å². The summed E-state index contributed by atoms with van der Waals surface area (Å²) in [6, 6.07) is 11.9. The smallest absolute Gasteiger partial charge is 0.241 e. The van der Waals surface area contributed by atoms with Gasteiger partial charge in [-0.3, -0.25) is 0 Å². The van der Waals surface area contributed by atoms with Crippen LogP contribution < -0.4 is 4.72 Å². The molecule has 1 atom stereocenters. The van der Waals surface area contributed by atoms with E-state index in [1.54, 1.807) is 66.5 Å². The molecular weight excluding hydrogens is 365 g/mol. The second-order valence-corrected chi connectivity index (χ2v) is 8.41. The molecule has 0 bridgehead atoms. The fourth-order valence-corrected chi connectivity index (χ4v) is 4.05. The van der Waals surface area contributed by atoms with Crippen LogP contribution in [0.2, 0.25) is 0 Å². The SMILES string of the molecule is CC(C)c1ccc(S(=O)(=O)N[C@H](c2ccccc2F)c2nccn2C)cc1. The maximum atomic E-state index is 14.4. The first-order valence-electron chi connectivity index (χ1n) is 8.63. The third-order valence-electron chi connectivity index (χ3n) is 4.46. The van der Waals surface area contributed by atoms with Crippen molar-refractivity contribution in [2.75, 3.05) is 0 Å². The highest BCUT2D eigenvalue weighted by Gasteiger charge is 2.27. The summed E-state index contributed by atoms with van der Waals surface area (Å²) in [5.74, 6) is 0.208. The minimum absolute atomic E-state index is 0.127. The van der Waals surface area contributed by atoms with Gasteiger partial charge in [0.25, 0.3) is 0 Å². The van der Waals surface area contributed by atoms with E-state index >= 15 is 0 Å². The van der Waals surface area contributed by atoms with Crippen molar-refractivity contribution in [1.82, 2.24) is 14.3 Å². The molecule has 0 unspecified atom stereocenters. The fourth-order valence-electron chi connectivity index (χ4n) is 2.87. The van der Waals surface area contributed by atoms with Crippen LogP contribution in [0.1, 0.15) is 42.8 Å². The van der Waals surface area contributed by atoms with Crippen LogP contribution in [0, 0.1) is 5.82 Å². The number of hydrogen-bond acceptors (Lipinski definition) is 3. The highest BCUT2D eigenvalue weighted by atomic mass is 32.2. The van der Waals surface area contributed by atoms with E-state index in [0.717, 1.165) is 5.56 Å². The van der Waals surface area contributed by atoms with Crippen molar-refractivity contribution >= 4 is 10.0 Å². The highest BCUT2D eigenvalue weighted by Crippen LogP contribution is 2.26. The third kappa shape index (κ3) is 4.09. The van der Waals surface area contributed by atoms with Crippen LogP contribution in [-0.4, -0.2) is 18.0 Å². The van der Waals surface area contributed by atoms with Gasteiger partial charge in [0.05, 0.1) is 4.90 Å². The predicted molar refractivity (Wildman–Crippen MR) is 102 cm³/mol. The second kappa shape index (κ2) is 7.62. The van der Waals surface area contributed by atoms with Crippen LogP contribution in [0.3, 0.4) is 0 Å². The number of nitrogens with zero attached hydrogens (tertiary/aromatic N) is 2. The number of halogens is 1. The van der Waals surface area contributed by atoms with E-state index in [9.17, 15) is 12.8 Å². The molecule has 3 aromatic rings. The number of sulfonamides is 1. The molecule has 142 valence electrons. The number of imidazole rings is 1. The second-order valence-electron chi connectivity index (χ2n) is 6.70. The zero-order chi connectivity index (χ0) is 19.6. The lowest BCUT2D eigenvalue weighted by Gasteiger charge is -2.20. The van der Waals surface area contributed by atoms with E-state index < -0.39 is 21.9 Å². The molecular formula is C20H22FN3O2S. The Bertz CT molecular complexity index is 1030. The molecule has 0 fully saturated rings. The van der Waals surface area contributed by atoms with Gasteiger partial charge in [-0.2, -0.15) is 4.72 Å². The van der Waals surface area contributed by atoms with Crippen LogP contribution in [0.4, 0.5) is 4.39 Å². The molecule has 0 saturated heterocycles. The summed E-state index contributed by atoms with van der Waals surface area (Å²) in [5, 5.41) is 0. The summed E-state index contributed by atoms with van der Waals surface area (Å²) in [7, 11) is -2.14. The Morgan fingerprint density at radius 2 is 1.74 bits per heavy atom. The van der Waals surface area contributed by atoms with Crippen molar-refractivity contribution in [3.05, 3.63) is 83.7 Å². The average Bonchev–Trinajstić information content (AvgIpc) is 3.06. The van der Waals surface area contributed by atoms with Gasteiger partial charge in [0, 0.05) is 25.0 Å². The number of benzene rings is 2. The van der Waals surface area contributed by atoms with Crippen LogP contribution in [0.25, 0.3) is 0 Å². The van der Waals surface area contributed by atoms with Gasteiger partial charge in [0.15, 0.2) is 0 Å². The topological polar surface area (TPSA) is 64.0 Å². The van der Waals surface area contributed by atoms with Gasteiger partial charge in [-0.05, 0) is 29.7 Å². The predicted octanol–water partition coefficient (Wildman–Crippen LogP) is 3.75. The Balaban J connectivity index is 2.01. The molecule has 7 heteroatoms. The molecule has 0 amide bonds. The van der Waals surface area contributed by atoms with E-state index in [-0.39, 0.29) is 10.5 Å². The minimum atomic E-state index is -3.88. The zero-order valence-electron chi connectivity index (χ0n) is 15.4. The normalized spacial score (nSPS) is 13.1. The van der Waals surface area contributed by atoms with E-state index in [2.05, 4.69) is 9.71 Å². The molecule has 0 spiro atoms. The quantitative estimate of drug-likeness (QED) is 0.701. The average molecular weight is 387 g/mol. The molecule has 3 rings (SSSR count). The van der Waals surface area contributed by atoms with Gasteiger partial charge >= 0.3 is 0 Å². The molecule has 27 heavy (non-hydrogen) atoms. The van der Waals surface area contributed by atoms with Gasteiger partial charge in [-0.15, -0.1) is 0 Å². The first-order chi connectivity index (χ1) is 12.8. The Morgan fingerprint density at radius 3 is 2.30 bits per heavy atom. The van der Waals surface area contributed by atoms with E-state index in [4.69, 9.17) is 0 Å². The van der Waals surface area contributed by atoms with Gasteiger partial charge in [0.2, 0.25) is 10.0 Å². The van der Waals surface area contributed by atoms with Crippen molar-refractivity contribution in [3.8, 4) is 0 Å². The molecule has 2 aromatic carbocycles. The number of aromatic nitrogens is 2. The van der Waals surface area contributed by atoms with E-state index in [1.165, 1.54) is 6.07 Å². The van der Waals surface area contributed by atoms with Gasteiger partial charge in [-0.25, -0.2) is 17.8 Å². The van der Waals surface area contributed by atoms with Crippen molar-refractivity contribution in [2.24, 2.45) is 7.05 Å². The van der Waals surface area contributed by atoms with Crippen molar-refractivity contribution in [2.45, 2.75) is 30.7 Å². The van der Waals surface area contributed by atoms with Crippen LogP contribution in [0.5, 0.6) is 0 Å². The fraction of sp³-hybridized carbons (Fsp3) is 0.250. The molecule has 1 aromatic heterocycles. The Labute approximate surface area is 158 Å². The van der Waals surface area contributed by atoms with Gasteiger partial charge in [0.1, 0.15) is 17.7 Å². The van der Waals surface area contributed by atoms with Crippen LogP contribution in [0.15, 0.2) is 65.8 Å². The van der Waals surface area contributed by atoms with Crippen LogP contribution >= 0.6 is 0 Å². The summed E-state index contributed by atoms with van der Waals surface area (Å²) in [6.45, 7) is 4.08. The van der Waals surface area contributed by atoms with Crippen LogP contribution in [-0.2, 0) is 17.1 Å². The summed E-state index contributed by atoms with van der Waals surface area (Å²) in [5.41, 5.74) is 1.26. The standard InChI is InChI=1S/C20H22FN3O2S/c1-14(2)15-8-10-16(11-9-15)27(25,26)23-19(20-22-12-13-24(20)3)17-6-4-5-7-18(17)21/h4-14,19,23H,1-3H3/t19-/m1/s1. The minimum Gasteiger partial charge on any atom is -0.336 e. The number of hydrogen-bond donors (Lipinski definition) is 1. The molecule has 0 aliphatic carbocycles. The molecule has 1 heterocycles. The monoisotopic (exact) mass is 387 g/mol. The van der Waals surface area contributed by atoms with E-state index in [1.807, 2.05) is 13.8 Å². The first-order valence-corrected chi connectivity index (χ1v) is 10.1. The summed E-state index contributed by atoms with van der Waals surface area (Å²) in [6.07, 6.45) is 3.24. The maximum Gasteiger partial charge on any atom is 0.241 e.